The number of hydrogen-bond donors (Lipinski definition) is 3. The van der Waals surface area contributed by atoms with E-state index in [1.165, 1.54) is 11.3 Å². The maximum Gasteiger partial charge on any atom is 0.321 e. The summed E-state index contributed by atoms with van der Waals surface area (Å²) in [6.07, 6.45) is 3.22. The molecule has 0 spiro atoms. The van der Waals surface area contributed by atoms with Crippen LogP contribution in [-0.2, 0) is 0 Å². The van der Waals surface area contributed by atoms with Crippen LogP contribution in [0.1, 0.15) is 5.56 Å². The van der Waals surface area contributed by atoms with Gasteiger partial charge in [-0.1, -0.05) is 0 Å². The number of carbonyl (C=O) groups excluding carboxylic acids is 1. The topological polar surface area (TPSA) is 103 Å². The Morgan fingerprint density at radius 3 is 3.00 bits per heavy atom. The first kappa shape index (κ1) is 13.8. The van der Waals surface area contributed by atoms with Crippen molar-refractivity contribution in [2.45, 2.75) is 0 Å². The van der Waals surface area contributed by atoms with Gasteiger partial charge in [0.25, 0.3) is 0 Å². The molecule has 2 rings (SSSR count). The number of pyridine rings is 1. The number of rotatable bonds is 5. The highest BCUT2D eigenvalue weighted by Gasteiger charge is 2.03. The van der Waals surface area contributed by atoms with Crippen molar-refractivity contribution in [3.63, 3.8) is 0 Å². The number of nitriles is 1. The van der Waals surface area contributed by atoms with Crippen LogP contribution in [-0.4, -0.2) is 29.1 Å². The fourth-order valence-corrected chi connectivity index (χ4v) is 1.94. The summed E-state index contributed by atoms with van der Waals surface area (Å²) in [6.45, 7) is 0.871. The molecule has 0 saturated heterocycles. The Balaban J connectivity index is 1.71. The van der Waals surface area contributed by atoms with Crippen LogP contribution in [0, 0.1) is 11.3 Å². The third-order valence-electron chi connectivity index (χ3n) is 2.28. The van der Waals surface area contributed by atoms with Crippen molar-refractivity contribution in [3.05, 3.63) is 35.5 Å². The van der Waals surface area contributed by atoms with E-state index in [0.717, 1.165) is 0 Å². The van der Waals surface area contributed by atoms with Crippen LogP contribution in [0.15, 0.2) is 29.9 Å². The molecule has 7 nitrogen and oxygen atoms in total. The molecule has 0 bridgehead atoms. The van der Waals surface area contributed by atoms with Crippen LogP contribution in [0.2, 0.25) is 0 Å². The zero-order valence-corrected chi connectivity index (χ0v) is 11.3. The van der Waals surface area contributed by atoms with Gasteiger partial charge < -0.3 is 10.6 Å². The smallest absolute Gasteiger partial charge is 0.321 e. The van der Waals surface area contributed by atoms with Crippen LogP contribution in [0.5, 0.6) is 0 Å². The average molecular weight is 288 g/mol. The van der Waals surface area contributed by atoms with Crippen molar-refractivity contribution < 1.29 is 4.79 Å². The Morgan fingerprint density at radius 1 is 1.35 bits per heavy atom. The van der Waals surface area contributed by atoms with Gasteiger partial charge in [0, 0.05) is 30.9 Å². The maximum absolute atomic E-state index is 11.5. The minimum Gasteiger partial charge on any atom is -0.367 e. The number of thiazole rings is 1. The second kappa shape index (κ2) is 7.06. The Hall–Kier alpha value is -2.66. The van der Waals surface area contributed by atoms with Gasteiger partial charge in [-0.3, -0.25) is 5.32 Å². The van der Waals surface area contributed by atoms with E-state index in [1.807, 2.05) is 6.07 Å². The lowest BCUT2D eigenvalue weighted by molar-refractivity contribution is 0.252. The molecule has 0 aromatic carbocycles. The normalized spacial score (nSPS) is 9.55. The number of hydrogen-bond acceptors (Lipinski definition) is 6. The highest BCUT2D eigenvalue weighted by atomic mass is 32.1. The molecule has 2 aromatic rings. The summed E-state index contributed by atoms with van der Waals surface area (Å²) in [6, 6.07) is 5.10. The van der Waals surface area contributed by atoms with Gasteiger partial charge in [-0.2, -0.15) is 5.26 Å². The van der Waals surface area contributed by atoms with E-state index in [1.54, 1.807) is 29.9 Å². The van der Waals surface area contributed by atoms with Gasteiger partial charge in [0.1, 0.15) is 11.9 Å². The van der Waals surface area contributed by atoms with Gasteiger partial charge in [0.15, 0.2) is 5.13 Å². The molecule has 8 heteroatoms. The van der Waals surface area contributed by atoms with E-state index in [2.05, 4.69) is 25.9 Å². The zero-order valence-electron chi connectivity index (χ0n) is 10.5. The molecule has 20 heavy (non-hydrogen) atoms. The molecule has 2 amide bonds. The third-order valence-corrected chi connectivity index (χ3v) is 2.97. The summed E-state index contributed by atoms with van der Waals surface area (Å²) in [5, 5.41) is 19.5. The number of nitrogens with zero attached hydrogens (tertiary/aromatic N) is 3. The molecule has 0 aliphatic heterocycles. The fourth-order valence-electron chi connectivity index (χ4n) is 1.42. The van der Waals surface area contributed by atoms with Crippen molar-refractivity contribution in [2.24, 2.45) is 0 Å². The van der Waals surface area contributed by atoms with Crippen LogP contribution in [0.4, 0.5) is 15.7 Å². The minimum atomic E-state index is -0.316. The largest absolute Gasteiger partial charge is 0.367 e. The molecule has 0 aliphatic carbocycles. The Labute approximate surface area is 119 Å². The first-order chi connectivity index (χ1) is 9.79. The second-order valence-electron chi connectivity index (χ2n) is 3.66. The van der Waals surface area contributed by atoms with E-state index in [4.69, 9.17) is 5.26 Å². The molecule has 0 radical (unpaired) electrons. The molecular weight excluding hydrogens is 276 g/mol. The fraction of sp³-hybridized carbons (Fsp3) is 0.167. The van der Waals surface area contributed by atoms with E-state index >= 15 is 0 Å². The lowest BCUT2D eigenvalue weighted by Gasteiger charge is -2.08. The Bertz CT molecular complexity index is 607. The third kappa shape index (κ3) is 3.93. The van der Waals surface area contributed by atoms with Gasteiger partial charge in [-0.15, -0.1) is 11.3 Å². The van der Waals surface area contributed by atoms with Crippen molar-refractivity contribution in [1.29, 1.82) is 5.26 Å². The molecule has 102 valence electrons. The van der Waals surface area contributed by atoms with Crippen LogP contribution < -0.4 is 16.0 Å². The molecule has 0 unspecified atom stereocenters. The quantitative estimate of drug-likeness (QED) is 0.726. The lowest BCUT2D eigenvalue weighted by atomic mass is 10.3. The van der Waals surface area contributed by atoms with Crippen LogP contribution in [0.25, 0.3) is 0 Å². The van der Waals surface area contributed by atoms with E-state index in [0.29, 0.717) is 29.6 Å². The highest BCUT2D eigenvalue weighted by Crippen LogP contribution is 2.10. The Morgan fingerprint density at radius 2 is 2.25 bits per heavy atom. The summed E-state index contributed by atoms with van der Waals surface area (Å²) in [7, 11) is 0. The van der Waals surface area contributed by atoms with Gasteiger partial charge in [-0.05, 0) is 12.1 Å². The second-order valence-corrected chi connectivity index (χ2v) is 4.55. The molecule has 2 heterocycles. The number of aromatic nitrogens is 2. The van der Waals surface area contributed by atoms with Gasteiger partial charge >= 0.3 is 6.03 Å². The van der Waals surface area contributed by atoms with Gasteiger partial charge in [-0.25, -0.2) is 14.8 Å². The van der Waals surface area contributed by atoms with E-state index in [-0.39, 0.29) is 6.03 Å². The molecule has 0 fully saturated rings. The summed E-state index contributed by atoms with van der Waals surface area (Å²) in [5.74, 6) is 0.511. The first-order valence-corrected chi connectivity index (χ1v) is 6.71. The predicted octanol–water partition coefficient (Wildman–Crippen LogP) is 1.64. The lowest BCUT2D eigenvalue weighted by Crippen LogP contribution is -2.32. The monoisotopic (exact) mass is 288 g/mol. The SMILES string of the molecule is N#Cc1cccnc1NCCNC(=O)Nc1nccs1. The molecule has 0 aliphatic rings. The number of nitrogens with one attached hydrogen (secondary N) is 3. The average Bonchev–Trinajstić information content (AvgIpc) is 2.97. The predicted molar refractivity (Wildman–Crippen MR) is 76.6 cm³/mol. The number of carbonyl (C=O) groups is 1. The van der Waals surface area contributed by atoms with E-state index < -0.39 is 0 Å². The highest BCUT2D eigenvalue weighted by molar-refractivity contribution is 7.13. The molecular formula is C12H12N6OS. The molecule has 0 atom stereocenters. The molecule has 3 N–H and O–H groups in total. The number of amides is 2. The summed E-state index contributed by atoms with van der Waals surface area (Å²) in [5.41, 5.74) is 0.472. The summed E-state index contributed by atoms with van der Waals surface area (Å²) < 4.78 is 0. The maximum atomic E-state index is 11.5. The summed E-state index contributed by atoms with van der Waals surface area (Å²) >= 11 is 1.35. The van der Waals surface area contributed by atoms with Crippen LogP contribution in [0.3, 0.4) is 0 Å². The number of anilines is 2. The van der Waals surface area contributed by atoms with E-state index in [9.17, 15) is 4.79 Å². The van der Waals surface area contributed by atoms with Crippen molar-refractivity contribution in [3.8, 4) is 6.07 Å². The van der Waals surface area contributed by atoms with Gasteiger partial charge in [0.2, 0.25) is 0 Å². The summed E-state index contributed by atoms with van der Waals surface area (Å²) in [4.78, 5) is 19.5. The molecule has 0 saturated carbocycles. The standard InChI is InChI=1S/C12H12N6OS/c13-8-9-2-1-3-14-10(9)15-4-5-16-11(19)18-12-17-6-7-20-12/h1-3,6-7H,4-5H2,(H,14,15)(H2,16,17,18,19). The van der Waals surface area contributed by atoms with Gasteiger partial charge in [0.05, 0.1) is 5.56 Å². The van der Waals surface area contributed by atoms with Crippen molar-refractivity contribution in [2.75, 3.05) is 23.7 Å². The number of urea groups is 1. The van der Waals surface area contributed by atoms with Crippen LogP contribution >= 0.6 is 11.3 Å². The minimum absolute atomic E-state index is 0.316. The first-order valence-electron chi connectivity index (χ1n) is 5.83. The zero-order chi connectivity index (χ0) is 14.2. The Kier molecular flexibility index (Phi) is 4.86. The van der Waals surface area contributed by atoms with Crippen molar-refractivity contribution >= 4 is 28.3 Å². The van der Waals surface area contributed by atoms with Crippen molar-refractivity contribution in [1.82, 2.24) is 15.3 Å². The molecule has 2 aromatic heterocycles.